The molecule has 140 valence electrons. The Morgan fingerprint density at radius 1 is 0.893 bits per heavy atom. The Hall–Kier alpha value is -3.40. The Morgan fingerprint density at radius 3 is 2.50 bits per heavy atom. The average molecular weight is 372 g/mol. The van der Waals surface area contributed by atoms with Crippen LogP contribution in [-0.2, 0) is 22.6 Å². The molecule has 0 aliphatic rings. The first-order chi connectivity index (χ1) is 13.5. The molecule has 4 nitrogen and oxygen atoms in total. The van der Waals surface area contributed by atoms with Crippen molar-refractivity contribution >= 4 is 27.7 Å². The van der Waals surface area contributed by atoms with Crippen molar-refractivity contribution in [1.29, 1.82) is 0 Å². The van der Waals surface area contributed by atoms with Crippen molar-refractivity contribution in [3.05, 3.63) is 93.3 Å². The van der Waals surface area contributed by atoms with Crippen LogP contribution in [0.1, 0.15) is 22.3 Å². The molecule has 0 spiro atoms. The van der Waals surface area contributed by atoms with Gasteiger partial charge in [0.15, 0.2) is 0 Å². The van der Waals surface area contributed by atoms with Crippen LogP contribution in [0.25, 0.3) is 21.7 Å². The average Bonchev–Trinajstić information content (AvgIpc) is 2.68. The summed E-state index contributed by atoms with van der Waals surface area (Å²) < 4.78 is 10.8. The normalized spacial score (nSPS) is 11.1. The minimum absolute atomic E-state index is 0.0359. The van der Waals surface area contributed by atoms with Crippen molar-refractivity contribution in [2.24, 2.45) is 0 Å². The van der Waals surface area contributed by atoms with E-state index >= 15 is 0 Å². The third kappa shape index (κ3) is 3.54. The van der Waals surface area contributed by atoms with E-state index in [0.717, 1.165) is 32.8 Å². The number of ether oxygens (including phenoxy) is 1. The van der Waals surface area contributed by atoms with Gasteiger partial charge in [-0.3, -0.25) is 4.79 Å². The van der Waals surface area contributed by atoms with Gasteiger partial charge in [-0.1, -0.05) is 42.5 Å². The van der Waals surface area contributed by atoms with Crippen LogP contribution >= 0.6 is 0 Å². The van der Waals surface area contributed by atoms with Crippen LogP contribution in [0.15, 0.2) is 69.9 Å². The number of benzene rings is 3. The number of carbonyl (C=O) groups excluding carboxylic acids is 1. The number of hydrogen-bond donors (Lipinski definition) is 0. The van der Waals surface area contributed by atoms with Crippen molar-refractivity contribution < 1.29 is 13.9 Å². The maximum Gasteiger partial charge on any atom is 0.336 e. The van der Waals surface area contributed by atoms with E-state index in [0.29, 0.717) is 11.1 Å². The highest BCUT2D eigenvalue weighted by atomic mass is 16.5. The van der Waals surface area contributed by atoms with Crippen LogP contribution in [-0.4, -0.2) is 5.97 Å². The molecule has 0 radical (unpaired) electrons. The third-order valence-electron chi connectivity index (χ3n) is 5.05. The number of rotatable bonds is 4. The SMILES string of the molecule is Cc1cc2oc(=O)cc(COC(=O)Cc3cccc4ccccc34)c2cc1C. The standard InChI is InChI=1S/C24H20O4/c1-15-10-21-19(13-24(26)28-22(21)11-16(15)2)14-27-23(25)12-18-8-5-7-17-6-3-4-9-20(17)18/h3-11,13H,12,14H2,1-2H3. The number of esters is 1. The van der Waals surface area contributed by atoms with Gasteiger partial charge in [0.1, 0.15) is 12.2 Å². The molecular weight excluding hydrogens is 352 g/mol. The first-order valence-corrected chi connectivity index (χ1v) is 9.17. The topological polar surface area (TPSA) is 56.5 Å². The van der Waals surface area contributed by atoms with Crippen molar-refractivity contribution in [3.63, 3.8) is 0 Å². The van der Waals surface area contributed by atoms with E-state index in [1.807, 2.05) is 68.4 Å². The molecule has 0 aliphatic carbocycles. The molecule has 0 atom stereocenters. The van der Waals surface area contributed by atoms with Gasteiger partial charge in [-0.2, -0.15) is 0 Å². The highest BCUT2D eigenvalue weighted by Gasteiger charge is 2.12. The maximum absolute atomic E-state index is 12.4. The highest BCUT2D eigenvalue weighted by molar-refractivity contribution is 5.89. The molecular formula is C24H20O4. The fraction of sp³-hybridized carbons (Fsp3) is 0.167. The molecule has 1 heterocycles. The summed E-state index contributed by atoms with van der Waals surface area (Å²) in [5.74, 6) is -0.332. The molecule has 1 aromatic heterocycles. The summed E-state index contributed by atoms with van der Waals surface area (Å²) >= 11 is 0. The molecule has 0 saturated carbocycles. The molecule has 0 fully saturated rings. The first-order valence-electron chi connectivity index (χ1n) is 9.17. The molecule has 4 heteroatoms. The molecule has 28 heavy (non-hydrogen) atoms. The van der Waals surface area contributed by atoms with Crippen molar-refractivity contribution in [3.8, 4) is 0 Å². The van der Waals surface area contributed by atoms with Crippen LogP contribution in [0.4, 0.5) is 0 Å². The van der Waals surface area contributed by atoms with Crippen LogP contribution in [0, 0.1) is 13.8 Å². The van der Waals surface area contributed by atoms with Gasteiger partial charge >= 0.3 is 11.6 Å². The lowest BCUT2D eigenvalue weighted by atomic mass is 10.0. The lowest BCUT2D eigenvalue weighted by Crippen LogP contribution is -2.10. The summed E-state index contributed by atoms with van der Waals surface area (Å²) in [6, 6.07) is 19.0. The van der Waals surface area contributed by atoms with E-state index < -0.39 is 5.63 Å². The Balaban J connectivity index is 1.57. The summed E-state index contributed by atoms with van der Waals surface area (Å²) in [6.45, 7) is 4.00. The van der Waals surface area contributed by atoms with Crippen molar-refractivity contribution in [1.82, 2.24) is 0 Å². The smallest absolute Gasteiger partial charge is 0.336 e. The Morgan fingerprint density at radius 2 is 1.64 bits per heavy atom. The van der Waals surface area contributed by atoms with Gasteiger partial charge < -0.3 is 9.15 Å². The second-order valence-electron chi connectivity index (χ2n) is 7.00. The number of aryl methyl sites for hydroxylation is 2. The minimum atomic E-state index is -0.448. The van der Waals surface area contributed by atoms with Crippen LogP contribution in [0.3, 0.4) is 0 Å². The number of fused-ring (bicyclic) bond motifs is 2. The van der Waals surface area contributed by atoms with Crippen molar-refractivity contribution in [2.45, 2.75) is 26.9 Å². The molecule has 0 aliphatic heterocycles. The quantitative estimate of drug-likeness (QED) is 0.380. The van der Waals surface area contributed by atoms with Gasteiger partial charge in [0.05, 0.1) is 6.42 Å². The molecule has 0 unspecified atom stereocenters. The van der Waals surface area contributed by atoms with E-state index in [2.05, 4.69) is 0 Å². The van der Waals surface area contributed by atoms with Gasteiger partial charge in [-0.25, -0.2) is 4.79 Å². The van der Waals surface area contributed by atoms with Gasteiger partial charge in [0.25, 0.3) is 0 Å². The number of hydrogen-bond acceptors (Lipinski definition) is 4. The Labute approximate surface area is 162 Å². The minimum Gasteiger partial charge on any atom is -0.461 e. The lowest BCUT2D eigenvalue weighted by molar-refractivity contribution is -0.144. The number of carbonyl (C=O) groups is 1. The zero-order valence-corrected chi connectivity index (χ0v) is 15.8. The predicted octanol–water partition coefficient (Wildman–Crippen LogP) is 4.85. The molecule has 4 rings (SSSR count). The summed E-state index contributed by atoms with van der Waals surface area (Å²) in [4.78, 5) is 24.3. The van der Waals surface area contributed by atoms with Crippen LogP contribution in [0.2, 0.25) is 0 Å². The van der Waals surface area contributed by atoms with E-state index in [4.69, 9.17) is 9.15 Å². The van der Waals surface area contributed by atoms with E-state index in [-0.39, 0.29) is 19.0 Å². The first kappa shape index (κ1) is 18.0. The van der Waals surface area contributed by atoms with Gasteiger partial charge in [-0.05, 0) is 53.4 Å². The Bertz CT molecular complexity index is 1250. The zero-order valence-electron chi connectivity index (χ0n) is 15.8. The monoisotopic (exact) mass is 372 g/mol. The van der Waals surface area contributed by atoms with Crippen LogP contribution < -0.4 is 5.63 Å². The zero-order chi connectivity index (χ0) is 19.7. The summed E-state index contributed by atoms with van der Waals surface area (Å²) in [5, 5.41) is 2.92. The van der Waals surface area contributed by atoms with Crippen LogP contribution in [0.5, 0.6) is 0 Å². The fourth-order valence-corrected chi connectivity index (χ4v) is 3.41. The largest absolute Gasteiger partial charge is 0.461 e. The molecule has 4 aromatic rings. The molecule has 3 aromatic carbocycles. The van der Waals surface area contributed by atoms with E-state index in [1.54, 1.807) is 0 Å². The van der Waals surface area contributed by atoms with E-state index in [9.17, 15) is 9.59 Å². The van der Waals surface area contributed by atoms with Gasteiger partial charge in [0.2, 0.25) is 0 Å². The second-order valence-corrected chi connectivity index (χ2v) is 7.00. The van der Waals surface area contributed by atoms with Gasteiger partial charge in [-0.15, -0.1) is 0 Å². The predicted molar refractivity (Wildman–Crippen MR) is 109 cm³/mol. The fourth-order valence-electron chi connectivity index (χ4n) is 3.41. The maximum atomic E-state index is 12.4. The van der Waals surface area contributed by atoms with Gasteiger partial charge in [0, 0.05) is 17.0 Å². The molecule has 0 amide bonds. The van der Waals surface area contributed by atoms with Crippen molar-refractivity contribution in [2.75, 3.05) is 0 Å². The molecule has 0 bridgehead atoms. The van der Waals surface area contributed by atoms with E-state index in [1.165, 1.54) is 6.07 Å². The second kappa shape index (κ2) is 7.31. The summed E-state index contributed by atoms with van der Waals surface area (Å²) in [6.07, 6.45) is 0.179. The molecule has 0 saturated heterocycles. The summed E-state index contributed by atoms with van der Waals surface area (Å²) in [5.41, 5.74) is 3.77. The lowest BCUT2D eigenvalue weighted by Gasteiger charge is -2.10. The highest BCUT2D eigenvalue weighted by Crippen LogP contribution is 2.23. The Kier molecular flexibility index (Phi) is 4.70. The summed E-state index contributed by atoms with van der Waals surface area (Å²) in [7, 11) is 0. The molecule has 0 N–H and O–H groups in total. The third-order valence-corrected chi connectivity index (χ3v) is 5.05.